The third kappa shape index (κ3) is 2.87. The maximum Gasteiger partial charge on any atom is 0.416 e. The highest BCUT2D eigenvalue weighted by molar-refractivity contribution is 6.29. The van der Waals surface area contributed by atoms with Crippen LogP contribution in [0.3, 0.4) is 0 Å². The molecule has 0 radical (unpaired) electrons. The van der Waals surface area contributed by atoms with Gasteiger partial charge < -0.3 is 0 Å². The van der Waals surface area contributed by atoms with Crippen molar-refractivity contribution in [1.82, 2.24) is 4.98 Å². The molecule has 0 atom stereocenters. The predicted molar refractivity (Wildman–Crippen MR) is 59.6 cm³/mol. The Bertz CT molecular complexity index is 644. The van der Waals surface area contributed by atoms with E-state index in [4.69, 9.17) is 11.6 Å². The van der Waals surface area contributed by atoms with Crippen LogP contribution in [-0.4, -0.2) is 4.98 Å². The molecular formula is C12H4ClF6N. The summed E-state index contributed by atoms with van der Waals surface area (Å²) in [7, 11) is 0. The van der Waals surface area contributed by atoms with Crippen LogP contribution in [0.2, 0.25) is 5.15 Å². The van der Waals surface area contributed by atoms with Gasteiger partial charge in [0.1, 0.15) is 5.15 Å². The van der Waals surface area contributed by atoms with E-state index < -0.39 is 40.0 Å². The van der Waals surface area contributed by atoms with Crippen LogP contribution in [0.1, 0.15) is 5.56 Å². The highest BCUT2D eigenvalue weighted by Crippen LogP contribution is 2.33. The van der Waals surface area contributed by atoms with Crippen LogP contribution in [0, 0.1) is 17.5 Å². The molecule has 0 spiro atoms. The SMILES string of the molecule is Fc1cc(-c2cc(C(F)(F)F)cc(Cl)n2)cc(F)c1F. The van der Waals surface area contributed by atoms with Gasteiger partial charge in [-0.15, -0.1) is 0 Å². The number of hydrogen-bond donors (Lipinski definition) is 0. The van der Waals surface area contributed by atoms with Gasteiger partial charge in [0.05, 0.1) is 11.3 Å². The lowest BCUT2D eigenvalue weighted by molar-refractivity contribution is -0.137. The molecule has 0 saturated heterocycles. The Morgan fingerprint density at radius 2 is 1.45 bits per heavy atom. The Morgan fingerprint density at radius 3 is 1.95 bits per heavy atom. The fraction of sp³-hybridized carbons (Fsp3) is 0.0833. The molecule has 1 nitrogen and oxygen atoms in total. The van der Waals surface area contributed by atoms with Crippen LogP contribution in [0.4, 0.5) is 26.3 Å². The van der Waals surface area contributed by atoms with Gasteiger partial charge >= 0.3 is 6.18 Å². The molecule has 2 aromatic rings. The smallest absolute Gasteiger partial charge is 0.236 e. The second-order valence-corrected chi connectivity index (χ2v) is 4.20. The van der Waals surface area contributed by atoms with Crippen LogP contribution >= 0.6 is 11.6 Å². The molecule has 0 unspecified atom stereocenters. The van der Waals surface area contributed by atoms with E-state index >= 15 is 0 Å². The topological polar surface area (TPSA) is 12.9 Å². The highest BCUT2D eigenvalue weighted by atomic mass is 35.5. The normalized spacial score (nSPS) is 11.8. The van der Waals surface area contributed by atoms with Gasteiger partial charge in [-0.1, -0.05) is 11.6 Å². The van der Waals surface area contributed by atoms with Gasteiger partial charge in [-0.25, -0.2) is 18.2 Å². The van der Waals surface area contributed by atoms with E-state index in [1.165, 1.54) is 0 Å². The van der Waals surface area contributed by atoms with Crippen LogP contribution in [0.15, 0.2) is 24.3 Å². The Morgan fingerprint density at radius 1 is 0.900 bits per heavy atom. The van der Waals surface area contributed by atoms with Gasteiger partial charge in [-0.05, 0) is 24.3 Å². The quantitative estimate of drug-likeness (QED) is 0.417. The summed E-state index contributed by atoms with van der Waals surface area (Å²) in [5.41, 5.74) is -1.89. The molecule has 0 saturated carbocycles. The van der Waals surface area contributed by atoms with Crippen molar-refractivity contribution in [3.8, 4) is 11.3 Å². The molecule has 2 rings (SSSR count). The van der Waals surface area contributed by atoms with Gasteiger partial charge in [0.15, 0.2) is 17.5 Å². The first-order valence-electron chi connectivity index (χ1n) is 5.08. The lowest BCUT2D eigenvalue weighted by Gasteiger charge is -2.09. The van der Waals surface area contributed by atoms with Crippen LogP contribution in [0.5, 0.6) is 0 Å². The van der Waals surface area contributed by atoms with E-state index in [2.05, 4.69) is 4.98 Å². The standard InChI is InChI=1S/C12H4ClF6N/c13-10-4-6(12(17,18)19)3-9(20-10)5-1-7(14)11(16)8(15)2-5/h1-4H. The molecule has 8 heteroatoms. The Hall–Kier alpha value is -1.76. The number of nitrogens with zero attached hydrogens (tertiary/aromatic N) is 1. The van der Waals surface area contributed by atoms with Crippen molar-refractivity contribution < 1.29 is 26.3 Å². The van der Waals surface area contributed by atoms with E-state index in [1.54, 1.807) is 0 Å². The average Bonchev–Trinajstić information content (AvgIpc) is 2.33. The Kier molecular flexibility index (Phi) is 3.64. The second-order valence-electron chi connectivity index (χ2n) is 3.82. The third-order valence-corrected chi connectivity index (χ3v) is 2.59. The van der Waals surface area contributed by atoms with Crippen molar-refractivity contribution in [3.05, 3.63) is 52.4 Å². The summed E-state index contributed by atoms with van der Waals surface area (Å²) in [5, 5.41) is -0.500. The summed E-state index contributed by atoms with van der Waals surface area (Å²) in [6.07, 6.45) is -4.70. The van der Waals surface area contributed by atoms with Gasteiger partial charge in [-0.3, -0.25) is 0 Å². The summed E-state index contributed by atoms with van der Waals surface area (Å²) in [6, 6.07) is 2.22. The Labute approximate surface area is 113 Å². The zero-order chi connectivity index (χ0) is 15.1. The molecule has 0 amide bonds. The zero-order valence-electron chi connectivity index (χ0n) is 9.40. The van der Waals surface area contributed by atoms with Gasteiger partial charge in [0, 0.05) is 5.56 Å². The zero-order valence-corrected chi connectivity index (χ0v) is 10.2. The van der Waals surface area contributed by atoms with E-state index in [-0.39, 0.29) is 5.56 Å². The second kappa shape index (κ2) is 4.97. The summed E-state index contributed by atoms with van der Waals surface area (Å²) in [5.74, 6) is -4.78. The van der Waals surface area contributed by atoms with Crippen molar-refractivity contribution >= 4 is 11.6 Å². The van der Waals surface area contributed by atoms with Gasteiger partial charge in [0.25, 0.3) is 0 Å². The van der Waals surface area contributed by atoms with Crippen LogP contribution in [-0.2, 0) is 6.18 Å². The fourth-order valence-corrected chi connectivity index (χ4v) is 1.72. The molecule has 0 N–H and O–H groups in total. The number of aromatic nitrogens is 1. The minimum absolute atomic E-state index is 0.352. The van der Waals surface area contributed by atoms with E-state index in [0.29, 0.717) is 24.3 Å². The monoisotopic (exact) mass is 311 g/mol. The van der Waals surface area contributed by atoms with Crippen LogP contribution in [0.25, 0.3) is 11.3 Å². The summed E-state index contributed by atoms with van der Waals surface area (Å²) in [4.78, 5) is 3.54. The number of rotatable bonds is 1. The van der Waals surface area contributed by atoms with Crippen molar-refractivity contribution in [2.45, 2.75) is 6.18 Å². The van der Waals surface area contributed by atoms with Crippen molar-refractivity contribution in [2.24, 2.45) is 0 Å². The first-order chi connectivity index (χ1) is 9.18. The largest absolute Gasteiger partial charge is 0.416 e. The minimum Gasteiger partial charge on any atom is -0.236 e. The molecule has 20 heavy (non-hydrogen) atoms. The first kappa shape index (κ1) is 14.6. The van der Waals surface area contributed by atoms with E-state index in [1.807, 2.05) is 0 Å². The molecule has 0 aliphatic heterocycles. The summed E-state index contributed by atoms with van der Waals surface area (Å²) < 4.78 is 76.7. The number of hydrogen-bond acceptors (Lipinski definition) is 1. The average molecular weight is 312 g/mol. The molecule has 1 aromatic heterocycles. The molecule has 0 fully saturated rings. The van der Waals surface area contributed by atoms with E-state index in [0.717, 1.165) is 0 Å². The first-order valence-corrected chi connectivity index (χ1v) is 5.46. The number of halogens is 7. The number of benzene rings is 1. The molecule has 0 bridgehead atoms. The lowest BCUT2D eigenvalue weighted by Crippen LogP contribution is -2.06. The summed E-state index contributed by atoms with van der Waals surface area (Å²) in [6.45, 7) is 0. The molecule has 1 heterocycles. The van der Waals surface area contributed by atoms with Crippen molar-refractivity contribution in [2.75, 3.05) is 0 Å². The molecule has 1 aromatic carbocycles. The number of pyridine rings is 1. The molecule has 0 aliphatic rings. The maximum atomic E-state index is 13.1. The van der Waals surface area contributed by atoms with Crippen molar-refractivity contribution in [1.29, 1.82) is 0 Å². The van der Waals surface area contributed by atoms with Crippen molar-refractivity contribution in [3.63, 3.8) is 0 Å². The number of alkyl halides is 3. The fourth-order valence-electron chi connectivity index (χ4n) is 1.51. The summed E-state index contributed by atoms with van der Waals surface area (Å²) >= 11 is 5.44. The Balaban J connectivity index is 2.61. The highest BCUT2D eigenvalue weighted by Gasteiger charge is 2.31. The minimum atomic E-state index is -4.70. The van der Waals surface area contributed by atoms with Gasteiger partial charge in [0.2, 0.25) is 0 Å². The molecule has 106 valence electrons. The van der Waals surface area contributed by atoms with E-state index in [9.17, 15) is 26.3 Å². The lowest BCUT2D eigenvalue weighted by atomic mass is 10.1. The predicted octanol–water partition coefficient (Wildman–Crippen LogP) is 4.84. The van der Waals surface area contributed by atoms with Crippen LogP contribution < -0.4 is 0 Å². The molecular weight excluding hydrogens is 308 g/mol. The third-order valence-electron chi connectivity index (χ3n) is 2.40. The molecule has 0 aliphatic carbocycles. The van der Waals surface area contributed by atoms with Gasteiger partial charge in [-0.2, -0.15) is 13.2 Å². The maximum absolute atomic E-state index is 13.1.